The molecule has 0 spiro atoms. The van der Waals surface area contributed by atoms with E-state index in [2.05, 4.69) is 40.6 Å². The van der Waals surface area contributed by atoms with Crippen LogP contribution in [0, 0.1) is 6.92 Å². The summed E-state index contributed by atoms with van der Waals surface area (Å²) in [4.78, 5) is 29.6. The molecule has 1 aliphatic heterocycles. The van der Waals surface area contributed by atoms with E-state index in [4.69, 9.17) is 4.42 Å². The number of carbonyl (C=O) groups is 1. The van der Waals surface area contributed by atoms with Gasteiger partial charge in [-0.2, -0.15) is 0 Å². The first-order chi connectivity index (χ1) is 12.3. The van der Waals surface area contributed by atoms with E-state index in [-0.39, 0.29) is 11.3 Å². The second kappa shape index (κ2) is 7.43. The Hall–Kier alpha value is -2.44. The molecule has 1 fully saturated rings. The smallest absolute Gasteiger partial charge is 0.225 e. The van der Waals surface area contributed by atoms with Crippen LogP contribution in [0.1, 0.15) is 44.5 Å². The van der Waals surface area contributed by atoms with Crippen molar-refractivity contribution in [1.82, 2.24) is 19.9 Å². The van der Waals surface area contributed by atoms with Crippen molar-refractivity contribution in [2.75, 3.05) is 31.1 Å². The molecule has 1 saturated heterocycles. The van der Waals surface area contributed by atoms with Crippen molar-refractivity contribution in [1.29, 1.82) is 0 Å². The summed E-state index contributed by atoms with van der Waals surface area (Å²) in [6.07, 6.45) is 4.52. The zero-order chi connectivity index (χ0) is 18.7. The number of anilines is 1. The zero-order valence-electron chi connectivity index (χ0n) is 16.0. The molecule has 0 bridgehead atoms. The molecule has 0 radical (unpaired) electrons. The van der Waals surface area contributed by atoms with Crippen LogP contribution in [0.2, 0.25) is 0 Å². The van der Waals surface area contributed by atoms with Crippen LogP contribution < -0.4 is 4.90 Å². The van der Waals surface area contributed by atoms with Crippen LogP contribution in [-0.2, 0) is 16.6 Å². The third kappa shape index (κ3) is 4.20. The lowest BCUT2D eigenvalue weighted by molar-refractivity contribution is -0.131. The Morgan fingerprint density at radius 3 is 2.38 bits per heavy atom. The van der Waals surface area contributed by atoms with Crippen LogP contribution in [0.4, 0.5) is 5.95 Å². The van der Waals surface area contributed by atoms with E-state index in [1.54, 1.807) is 18.5 Å². The molecule has 1 amide bonds. The molecule has 3 heterocycles. The Labute approximate surface area is 154 Å². The van der Waals surface area contributed by atoms with Crippen molar-refractivity contribution in [3.8, 4) is 0 Å². The molecule has 0 aromatic carbocycles. The zero-order valence-corrected chi connectivity index (χ0v) is 16.0. The van der Waals surface area contributed by atoms with Gasteiger partial charge in [-0.1, -0.05) is 20.8 Å². The number of piperazine rings is 1. The van der Waals surface area contributed by atoms with Crippen LogP contribution in [0.5, 0.6) is 0 Å². The molecular formula is C19H27N5O2. The van der Waals surface area contributed by atoms with Gasteiger partial charge in [0.2, 0.25) is 11.9 Å². The van der Waals surface area contributed by atoms with E-state index in [1.165, 1.54) is 0 Å². The van der Waals surface area contributed by atoms with Gasteiger partial charge in [0.25, 0.3) is 0 Å². The van der Waals surface area contributed by atoms with Crippen molar-refractivity contribution in [2.45, 2.75) is 46.0 Å². The van der Waals surface area contributed by atoms with Crippen LogP contribution in [0.3, 0.4) is 0 Å². The maximum absolute atomic E-state index is 12.5. The predicted octanol–water partition coefficient (Wildman–Crippen LogP) is 2.35. The summed E-state index contributed by atoms with van der Waals surface area (Å²) in [5, 5.41) is 0. The Morgan fingerprint density at radius 1 is 1.15 bits per heavy atom. The van der Waals surface area contributed by atoms with Gasteiger partial charge in [0.05, 0.1) is 5.69 Å². The van der Waals surface area contributed by atoms with Crippen LogP contribution >= 0.6 is 0 Å². The van der Waals surface area contributed by atoms with E-state index in [9.17, 15) is 4.79 Å². The molecule has 7 heteroatoms. The molecule has 2 aromatic heterocycles. The summed E-state index contributed by atoms with van der Waals surface area (Å²) < 4.78 is 5.88. The van der Waals surface area contributed by atoms with Crippen molar-refractivity contribution in [2.24, 2.45) is 0 Å². The number of amides is 1. The number of carbonyl (C=O) groups excluding carboxylic acids is 1. The molecule has 0 saturated carbocycles. The molecule has 1 aliphatic rings. The summed E-state index contributed by atoms with van der Waals surface area (Å²) in [6.45, 7) is 11.1. The highest BCUT2D eigenvalue weighted by molar-refractivity contribution is 5.76. The first-order valence-electron chi connectivity index (χ1n) is 9.11. The van der Waals surface area contributed by atoms with Gasteiger partial charge in [0, 0.05) is 56.8 Å². The first kappa shape index (κ1) is 18.4. The average molecular weight is 357 g/mol. The highest BCUT2D eigenvalue weighted by Gasteiger charge is 2.25. The standard InChI is InChI=1S/C19H27N5O2/c1-14-15(26-17(22-14)19(2,3)4)6-7-16(25)23-10-12-24(13-11-23)18-20-8-5-9-21-18/h5,8-9H,6-7,10-13H2,1-4H3. The normalized spacial score (nSPS) is 15.4. The van der Waals surface area contributed by atoms with Crippen LogP contribution in [0.15, 0.2) is 22.9 Å². The fourth-order valence-electron chi connectivity index (χ4n) is 2.97. The molecule has 0 aliphatic carbocycles. The molecule has 140 valence electrons. The monoisotopic (exact) mass is 357 g/mol. The number of oxazole rings is 1. The number of hydrogen-bond acceptors (Lipinski definition) is 6. The van der Waals surface area contributed by atoms with E-state index in [0.29, 0.717) is 25.9 Å². The minimum absolute atomic E-state index is 0.122. The fraction of sp³-hybridized carbons (Fsp3) is 0.579. The summed E-state index contributed by atoms with van der Waals surface area (Å²) in [7, 11) is 0. The Morgan fingerprint density at radius 2 is 1.81 bits per heavy atom. The predicted molar refractivity (Wildman–Crippen MR) is 99.1 cm³/mol. The van der Waals surface area contributed by atoms with Gasteiger partial charge < -0.3 is 14.2 Å². The number of rotatable bonds is 4. The Kier molecular flexibility index (Phi) is 5.25. The molecular weight excluding hydrogens is 330 g/mol. The SMILES string of the molecule is Cc1nc(C(C)(C)C)oc1CCC(=O)N1CCN(c2ncccn2)CC1. The highest BCUT2D eigenvalue weighted by atomic mass is 16.4. The van der Waals surface area contributed by atoms with Gasteiger partial charge in [0.1, 0.15) is 5.76 Å². The van der Waals surface area contributed by atoms with Crippen LogP contribution in [0.25, 0.3) is 0 Å². The number of aryl methyl sites for hydroxylation is 2. The molecule has 0 unspecified atom stereocenters. The second-order valence-electron chi connectivity index (χ2n) is 7.69. The average Bonchev–Trinajstić information content (AvgIpc) is 3.02. The van der Waals surface area contributed by atoms with Crippen molar-refractivity contribution in [3.05, 3.63) is 35.8 Å². The summed E-state index contributed by atoms with van der Waals surface area (Å²) in [6, 6.07) is 1.81. The molecule has 3 rings (SSSR count). The third-order valence-corrected chi connectivity index (χ3v) is 4.57. The summed E-state index contributed by atoms with van der Waals surface area (Å²) >= 11 is 0. The van der Waals surface area contributed by atoms with Gasteiger partial charge in [-0.25, -0.2) is 15.0 Å². The van der Waals surface area contributed by atoms with E-state index < -0.39 is 0 Å². The van der Waals surface area contributed by atoms with E-state index >= 15 is 0 Å². The summed E-state index contributed by atoms with van der Waals surface area (Å²) in [5.74, 6) is 2.44. The molecule has 2 aromatic rings. The number of hydrogen-bond donors (Lipinski definition) is 0. The Balaban J connectivity index is 1.51. The molecule has 0 N–H and O–H groups in total. The molecule has 0 atom stereocenters. The molecule has 7 nitrogen and oxygen atoms in total. The lowest BCUT2D eigenvalue weighted by atomic mass is 9.97. The van der Waals surface area contributed by atoms with E-state index in [1.807, 2.05) is 11.8 Å². The van der Waals surface area contributed by atoms with Crippen molar-refractivity contribution in [3.63, 3.8) is 0 Å². The van der Waals surface area contributed by atoms with E-state index in [0.717, 1.165) is 36.4 Å². The maximum Gasteiger partial charge on any atom is 0.225 e. The van der Waals surface area contributed by atoms with Gasteiger partial charge in [0.15, 0.2) is 5.89 Å². The van der Waals surface area contributed by atoms with Crippen molar-refractivity contribution >= 4 is 11.9 Å². The second-order valence-corrected chi connectivity index (χ2v) is 7.69. The third-order valence-electron chi connectivity index (χ3n) is 4.57. The van der Waals surface area contributed by atoms with Gasteiger partial charge in [-0.3, -0.25) is 4.79 Å². The number of aromatic nitrogens is 3. The van der Waals surface area contributed by atoms with Gasteiger partial charge in [-0.05, 0) is 13.0 Å². The minimum Gasteiger partial charge on any atom is -0.445 e. The highest BCUT2D eigenvalue weighted by Crippen LogP contribution is 2.24. The fourth-order valence-corrected chi connectivity index (χ4v) is 2.97. The number of nitrogens with zero attached hydrogens (tertiary/aromatic N) is 5. The van der Waals surface area contributed by atoms with Crippen LogP contribution in [-0.4, -0.2) is 51.9 Å². The lowest BCUT2D eigenvalue weighted by Gasteiger charge is -2.34. The van der Waals surface area contributed by atoms with Crippen molar-refractivity contribution < 1.29 is 9.21 Å². The van der Waals surface area contributed by atoms with Gasteiger partial charge in [-0.15, -0.1) is 0 Å². The quantitative estimate of drug-likeness (QED) is 0.836. The maximum atomic E-state index is 12.5. The largest absolute Gasteiger partial charge is 0.445 e. The Bertz CT molecular complexity index is 743. The lowest BCUT2D eigenvalue weighted by Crippen LogP contribution is -2.49. The first-order valence-corrected chi connectivity index (χ1v) is 9.11. The topological polar surface area (TPSA) is 75.4 Å². The summed E-state index contributed by atoms with van der Waals surface area (Å²) in [5.41, 5.74) is 0.761. The van der Waals surface area contributed by atoms with Gasteiger partial charge >= 0.3 is 0 Å². The minimum atomic E-state index is -0.122. The molecule has 26 heavy (non-hydrogen) atoms.